The number of anilines is 2. The molecule has 0 bridgehead atoms. The highest BCUT2D eigenvalue weighted by atomic mass is 127. The Hall–Kier alpha value is -1.17. The van der Waals surface area contributed by atoms with Gasteiger partial charge >= 0.3 is 0 Å². The number of aromatic nitrogens is 2. The van der Waals surface area contributed by atoms with E-state index in [9.17, 15) is 0 Å². The maximum Gasteiger partial charge on any atom is 0.149 e. The van der Waals surface area contributed by atoms with Gasteiger partial charge in [0.05, 0.1) is 3.57 Å². The summed E-state index contributed by atoms with van der Waals surface area (Å²) >= 11 is 2.25. The second-order valence-electron chi connectivity index (χ2n) is 3.77. The van der Waals surface area contributed by atoms with Crippen molar-refractivity contribution in [1.82, 2.24) is 9.97 Å². The summed E-state index contributed by atoms with van der Waals surface area (Å²) in [4.78, 5) is 10.4. The molecule has 0 amide bonds. The number of hydrogen-bond donors (Lipinski definition) is 0. The van der Waals surface area contributed by atoms with Gasteiger partial charge in [-0.1, -0.05) is 19.1 Å². The van der Waals surface area contributed by atoms with Gasteiger partial charge in [0.1, 0.15) is 12.1 Å². The summed E-state index contributed by atoms with van der Waals surface area (Å²) in [6, 6.07) is 8.55. The largest absolute Gasteiger partial charge is 0.329 e. The highest BCUT2D eigenvalue weighted by molar-refractivity contribution is 14.1. The van der Waals surface area contributed by atoms with Gasteiger partial charge in [-0.05, 0) is 46.7 Å². The highest BCUT2D eigenvalue weighted by Crippen LogP contribution is 2.25. The maximum atomic E-state index is 4.30. The molecule has 88 valence electrons. The minimum absolute atomic E-state index is 0.935. The van der Waals surface area contributed by atoms with Crippen molar-refractivity contribution >= 4 is 34.1 Å². The van der Waals surface area contributed by atoms with E-state index >= 15 is 0 Å². The minimum atomic E-state index is 0.935. The molecule has 0 aliphatic heterocycles. The van der Waals surface area contributed by atoms with Crippen molar-refractivity contribution in [3.05, 3.63) is 45.9 Å². The minimum Gasteiger partial charge on any atom is -0.329 e. The third kappa shape index (κ3) is 2.74. The van der Waals surface area contributed by atoms with Crippen LogP contribution in [0.15, 0.2) is 36.8 Å². The number of rotatable bonds is 3. The van der Waals surface area contributed by atoms with Crippen LogP contribution in [0.4, 0.5) is 11.5 Å². The van der Waals surface area contributed by atoms with E-state index in [1.807, 2.05) is 13.2 Å². The van der Waals surface area contributed by atoms with Crippen LogP contribution in [0.3, 0.4) is 0 Å². The van der Waals surface area contributed by atoms with E-state index in [1.165, 1.54) is 5.56 Å². The predicted molar refractivity (Wildman–Crippen MR) is 78.6 cm³/mol. The molecule has 0 atom stereocenters. The zero-order valence-corrected chi connectivity index (χ0v) is 12.0. The summed E-state index contributed by atoms with van der Waals surface area (Å²) in [5, 5.41) is 0. The molecule has 1 aromatic heterocycles. The van der Waals surface area contributed by atoms with Crippen LogP contribution >= 0.6 is 22.6 Å². The molecule has 0 aliphatic carbocycles. The molecule has 0 spiro atoms. The van der Waals surface area contributed by atoms with Crippen LogP contribution in [0.2, 0.25) is 0 Å². The third-order valence-corrected chi connectivity index (χ3v) is 3.46. The van der Waals surface area contributed by atoms with Crippen molar-refractivity contribution in [2.75, 3.05) is 11.9 Å². The molecule has 3 nitrogen and oxygen atoms in total. The standard InChI is InChI=1S/C13H14IN3/c1-3-10-4-6-11(7-5-10)17(2)13-12(14)8-15-9-16-13/h4-9H,3H2,1-2H3. The molecular weight excluding hydrogens is 325 g/mol. The molecule has 0 aliphatic rings. The van der Waals surface area contributed by atoms with Crippen molar-refractivity contribution in [2.45, 2.75) is 13.3 Å². The van der Waals surface area contributed by atoms with Gasteiger partial charge in [-0.3, -0.25) is 0 Å². The fourth-order valence-electron chi connectivity index (χ4n) is 1.63. The predicted octanol–water partition coefficient (Wildman–Crippen LogP) is 3.41. The Morgan fingerprint density at radius 3 is 2.53 bits per heavy atom. The Bertz CT molecular complexity index is 496. The average Bonchev–Trinajstić information content (AvgIpc) is 2.39. The molecule has 1 aromatic carbocycles. The highest BCUT2D eigenvalue weighted by Gasteiger charge is 2.08. The lowest BCUT2D eigenvalue weighted by atomic mass is 10.1. The summed E-state index contributed by atoms with van der Waals surface area (Å²) in [7, 11) is 2.02. The normalized spacial score (nSPS) is 10.3. The summed E-state index contributed by atoms with van der Waals surface area (Å²) in [6.07, 6.45) is 4.46. The summed E-state index contributed by atoms with van der Waals surface area (Å²) < 4.78 is 1.05. The Kier molecular flexibility index (Phi) is 3.93. The zero-order chi connectivity index (χ0) is 12.3. The van der Waals surface area contributed by atoms with Crippen LogP contribution in [0.5, 0.6) is 0 Å². The Morgan fingerprint density at radius 2 is 1.94 bits per heavy atom. The third-order valence-electron chi connectivity index (χ3n) is 2.70. The van der Waals surface area contributed by atoms with Crippen LogP contribution in [-0.2, 0) is 6.42 Å². The van der Waals surface area contributed by atoms with Crippen LogP contribution in [0, 0.1) is 3.57 Å². The number of benzene rings is 1. The van der Waals surface area contributed by atoms with E-state index < -0.39 is 0 Å². The van der Waals surface area contributed by atoms with Gasteiger partial charge in [0, 0.05) is 18.9 Å². The van der Waals surface area contributed by atoms with E-state index in [0.29, 0.717) is 0 Å². The first-order chi connectivity index (χ1) is 8.22. The van der Waals surface area contributed by atoms with Gasteiger partial charge in [-0.15, -0.1) is 0 Å². The van der Waals surface area contributed by atoms with Crippen molar-refractivity contribution in [2.24, 2.45) is 0 Å². The lowest BCUT2D eigenvalue weighted by molar-refractivity contribution is 1.06. The first kappa shape index (κ1) is 12.3. The smallest absolute Gasteiger partial charge is 0.149 e. The molecule has 2 aromatic rings. The topological polar surface area (TPSA) is 29.0 Å². The molecule has 4 heteroatoms. The Morgan fingerprint density at radius 1 is 1.24 bits per heavy atom. The molecule has 0 N–H and O–H groups in total. The lowest BCUT2D eigenvalue weighted by Crippen LogP contribution is -2.12. The molecule has 0 saturated heterocycles. The number of aryl methyl sites for hydroxylation is 1. The molecule has 0 radical (unpaired) electrons. The Labute approximate surface area is 115 Å². The summed E-state index contributed by atoms with van der Waals surface area (Å²) in [5.74, 6) is 0.935. The fourth-order valence-corrected chi connectivity index (χ4v) is 2.29. The molecular formula is C13H14IN3. The van der Waals surface area contributed by atoms with Crippen LogP contribution in [0.25, 0.3) is 0 Å². The summed E-state index contributed by atoms with van der Waals surface area (Å²) in [5.41, 5.74) is 2.48. The molecule has 2 rings (SSSR count). The van der Waals surface area contributed by atoms with Gasteiger partial charge < -0.3 is 4.90 Å². The zero-order valence-electron chi connectivity index (χ0n) is 9.89. The quantitative estimate of drug-likeness (QED) is 0.803. The maximum absolute atomic E-state index is 4.30. The van der Waals surface area contributed by atoms with Gasteiger partial charge in [-0.25, -0.2) is 9.97 Å². The van der Waals surface area contributed by atoms with Crippen molar-refractivity contribution in [3.8, 4) is 0 Å². The van der Waals surface area contributed by atoms with Gasteiger partial charge in [0.15, 0.2) is 0 Å². The number of halogens is 1. The lowest BCUT2D eigenvalue weighted by Gasteiger charge is -2.19. The number of hydrogen-bond acceptors (Lipinski definition) is 3. The molecule has 0 fully saturated rings. The van der Waals surface area contributed by atoms with Crippen molar-refractivity contribution < 1.29 is 0 Å². The van der Waals surface area contributed by atoms with Crippen LogP contribution in [-0.4, -0.2) is 17.0 Å². The molecule has 17 heavy (non-hydrogen) atoms. The second-order valence-corrected chi connectivity index (χ2v) is 4.94. The first-order valence-corrected chi connectivity index (χ1v) is 6.58. The number of nitrogens with zero attached hydrogens (tertiary/aromatic N) is 3. The van der Waals surface area contributed by atoms with Crippen molar-refractivity contribution in [3.63, 3.8) is 0 Å². The SMILES string of the molecule is CCc1ccc(N(C)c2ncncc2I)cc1. The van der Waals surface area contributed by atoms with Crippen LogP contribution in [0.1, 0.15) is 12.5 Å². The van der Waals surface area contributed by atoms with E-state index in [4.69, 9.17) is 0 Å². The van der Waals surface area contributed by atoms with E-state index in [-0.39, 0.29) is 0 Å². The molecule has 1 heterocycles. The van der Waals surface area contributed by atoms with Gasteiger partial charge in [-0.2, -0.15) is 0 Å². The van der Waals surface area contributed by atoms with Gasteiger partial charge in [0.2, 0.25) is 0 Å². The molecule has 0 saturated carbocycles. The van der Waals surface area contributed by atoms with Gasteiger partial charge in [0.25, 0.3) is 0 Å². The average molecular weight is 339 g/mol. The molecule has 0 unspecified atom stereocenters. The van der Waals surface area contributed by atoms with Crippen molar-refractivity contribution in [1.29, 1.82) is 0 Å². The Balaban J connectivity index is 2.30. The first-order valence-electron chi connectivity index (χ1n) is 5.50. The monoisotopic (exact) mass is 339 g/mol. The fraction of sp³-hybridized carbons (Fsp3) is 0.231. The summed E-state index contributed by atoms with van der Waals surface area (Å²) in [6.45, 7) is 2.16. The van der Waals surface area contributed by atoms with E-state index in [1.54, 1.807) is 6.33 Å². The van der Waals surface area contributed by atoms with Crippen LogP contribution < -0.4 is 4.90 Å². The van der Waals surface area contributed by atoms with E-state index in [0.717, 1.165) is 21.5 Å². The second kappa shape index (κ2) is 5.44. The van der Waals surface area contributed by atoms with E-state index in [2.05, 4.69) is 68.6 Å².